The molecule has 6 heteroatoms. The first kappa shape index (κ1) is 28.4. The van der Waals surface area contributed by atoms with Crippen molar-refractivity contribution in [1.82, 2.24) is 0 Å². The van der Waals surface area contributed by atoms with Crippen LogP contribution in [0.1, 0.15) is 25.0 Å². The number of rotatable bonds is 12. The van der Waals surface area contributed by atoms with E-state index in [1.54, 1.807) is 0 Å². The summed E-state index contributed by atoms with van der Waals surface area (Å²) in [6.07, 6.45) is 0. The lowest BCUT2D eigenvalue weighted by atomic mass is 10.2. The van der Waals surface area contributed by atoms with Crippen molar-refractivity contribution in [3.05, 3.63) is 120 Å². The predicted molar refractivity (Wildman–Crippen MR) is 164 cm³/mol. The maximum absolute atomic E-state index is 6.15. The summed E-state index contributed by atoms with van der Waals surface area (Å²) in [5.74, 6) is 6.96. The molecule has 0 radical (unpaired) electrons. The minimum absolute atomic E-state index is 0.596. The molecule has 5 rings (SSSR count). The molecule has 0 amide bonds. The summed E-state index contributed by atoms with van der Waals surface area (Å²) in [4.78, 5) is 0. The van der Waals surface area contributed by atoms with Crippen molar-refractivity contribution in [2.24, 2.45) is 0 Å². The van der Waals surface area contributed by atoms with Gasteiger partial charge in [-0.25, -0.2) is 0 Å². The summed E-state index contributed by atoms with van der Waals surface area (Å²) in [7, 11) is 0. The summed E-state index contributed by atoms with van der Waals surface area (Å²) >= 11 is 0. The molecule has 0 aliphatic carbocycles. The summed E-state index contributed by atoms with van der Waals surface area (Å²) in [6, 6.07) is 34.1. The predicted octanol–water partition coefficient (Wildman–Crippen LogP) is 10.3. The Morgan fingerprint density at radius 1 is 0.381 bits per heavy atom. The van der Waals surface area contributed by atoms with Gasteiger partial charge in [-0.15, -0.1) is 0 Å². The fourth-order valence-electron chi connectivity index (χ4n) is 4.36. The Balaban J connectivity index is 1.26. The van der Waals surface area contributed by atoms with Crippen LogP contribution in [0.3, 0.4) is 0 Å². The standard InChI is InChI=1S/C36H34O6/c1-5-37-33-18-10-20-35(25(33)3)41-31-16-8-14-29(23-31)39-27-12-7-13-28(22-27)40-30-15-9-17-32(24-30)42-36-21-11-19-34(26(36)4)38-6-2/h7-24H,5-6H2,1-4H3. The Morgan fingerprint density at radius 2 is 0.667 bits per heavy atom. The third-order valence-corrected chi connectivity index (χ3v) is 6.41. The van der Waals surface area contributed by atoms with Crippen LogP contribution in [-0.2, 0) is 0 Å². The molecule has 0 bridgehead atoms. The summed E-state index contributed by atoms with van der Waals surface area (Å²) < 4.78 is 36.0. The van der Waals surface area contributed by atoms with Crippen molar-refractivity contribution in [3.8, 4) is 57.5 Å². The Hall–Kier alpha value is -5.10. The van der Waals surface area contributed by atoms with Gasteiger partial charge in [-0.2, -0.15) is 0 Å². The fourth-order valence-corrected chi connectivity index (χ4v) is 4.36. The van der Waals surface area contributed by atoms with E-state index in [1.807, 2.05) is 137 Å². The average Bonchev–Trinajstić information content (AvgIpc) is 2.98. The molecule has 42 heavy (non-hydrogen) atoms. The maximum atomic E-state index is 6.15. The number of benzene rings is 5. The molecule has 0 aromatic heterocycles. The highest BCUT2D eigenvalue weighted by atomic mass is 16.5. The minimum atomic E-state index is 0.596. The van der Waals surface area contributed by atoms with Crippen molar-refractivity contribution >= 4 is 0 Å². The topological polar surface area (TPSA) is 55.4 Å². The van der Waals surface area contributed by atoms with Gasteiger partial charge in [0, 0.05) is 29.3 Å². The molecule has 0 atom stereocenters. The van der Waals surface area contributed by atoms with Gasteiger partial charge in [0.2, 0.25) is 0 Å². The van der Waals surface area contributed by atoms with Crippen molar-refractivity contribution in [2.75, 3.05) is 13.2 Å². The average molecular weight is 563 g/mol. The van der Waals surface area contributed by atoms with Crippen molar-refractivity contribution < 1.29 is 28.4 Å². The van der Waals surface area contributed by atoms with Crippen LogP contribution in [0, 0.1) is 13.8 Å². The molecule has 0 fully saturated rings. The zero-order chi connectivity index (χ0) is 29.3. The second-order valence-corrected chi connectivity index (χ2v) is 9.46. The van der Waals surface area contributed by atoms with Gasteiger partial charge in [-0.05, 0) is 88.4 Å². The summed E-state index contributed by atoms with van der Waals surface area (Å²) in [5, 5.41) is 0. The maximum Gasteiger partial charge on any atom is 0.134 e. The smallest absolute Gasteiger partial charge is 0.134 e. The Kier molecular flexibility index (Phi) is 9.14. The second kappa shape index (κ2) is 13.5. The van der Waals surface area contributed by atoms with Crippen molar-refractivity contribution in [2.45, 2.75) is 27.7 Å². The zero-order valence-electron chi connectivity index (χ0n) is 24.3. The lowest BCUT2D eigenvalue weighted by molar-refractivity contribution is 0.335. The summed E-state index contributed by atoms with van der Waals surface area (Å²) in [5.41, 5.74) is 1.89. The molecule has 0 aliphatic rings. The quantitative estimate of drug-likeness (QED) is 0.151. The van der Waals surface area contributed by atoms with Gasteiger partial charge in [-0.3, -0.25) is 0 Å². The van der Waals surface area contributed by atoms with E-state index in [4.69, 9.17) is 28.4 Å². The molecule has 0 saturated heterocycles. The first-order valence-electron chi connectivity index (χ1n) is 14.0. The van der Waals surface area contributed by atoms with E-state index in [2.05, 4.69) is 0 Å². The van der Waals surface area contributed by atoms with Crippen LogP contribution in [0.25, 0.3) is 0 Å². The Morgan fingerprint density at radius 3 is 1.00 bits per heavy atom. The normalized spacial score (nSPS) is 10.6. The third-order valence-electron chi connectivity index (χ3n) is 6.41. The molecule has 0 heterocycles. The fraction of sp³-hybridized carbons (Fsp3) is 0.167. The highest BCUT2D eigenvalue weighted by molar-refractivity contribution is 5.49. The van der Waals surface area contributed by atoms with Gasteiger partial charge in [0.1, 0.15) is 57.5 Å². The lowest BCUT2D eigenvalue weighted by Gasteiger charge is -2.14. The minimum Gasteiger partial charge on any atom is -0.493 e. The SMILES string of the molecule is CCOc1cccc(Oc2cccc(Oc3cccc(Oc4cccc(Oc5cccc(OCC)c5C)c4)c3)c2)c1C. The van der Waals surface area contributed by atoms with Crippen molar-refractivity contribution in [1.29, 1.82) is 0 Å². The molecule has 0 N–H and O–H groups in total. The van der Waals surface area contributed by atoms with E-state index in [9.17, 15) is 0 Å². The highest BCUT2D eigenvalue weighted by Gasteiger charge is 2.10. The molecule has 0 unspecified atom stereocenters. The van der Waals surface area contributed by atoms with Gasteiger partial charge < -0.3 is 28.4 Å². The molecule has 0 saturated carbocycles. The van der Waals surface area contributed by atoms with Crippen LogP contribution in [0.5, 0.6) is 57.5 Å². The molecular weight excluding hydrogens is 528 g/mol. The van der Waals surface area contributed by atoms with Gasteiger partial charge in [0.15, 0.2) is 0 Å². The van der Waals surface area contributed by atoms with E-state index < -0.39 is 0 Å². The molecular formula is C36H34O6. The molecule has 0 spiro atoms. The molecule has 0 aliphatic heterocycles. The summed E-state index contributed by atoms with van der Waals surface area (Å²) in [6.45, 7) is 9.08. The first-order valence-corrected chi connectivity index (χ1v) is 14.0. The van der Waals surface area contributed by atoms with Crippen LogP contribution in [0.15, 0.2) is 109 Å². The van der Waals surface area contributed by atoms with Gasteiger partial charge in [-0.1, -0.05) is 30.3 Å². The monoisotopic (exact) mass is 562 g/mol. The lowest BCUT2D eigenvalue weighted by Crippen LogP contribution is -1.96. The Bertz CT molecular complexity index is 1530. The molecule has 214 valence electrons. The molecule has 5 aromatic rings. The van der Waals surface area contributed by atoms with Crippen LogP contribution in [0.4, 0.5) is 0 Å². The molecule has 6 nitrogen and oxygen atoms in total. The van der Waals surface area contributed by atoms with Gasteiger partial charge >= 0.3 is 0 Å². The number of hydrogen-bond acceptors (Lipinski definition) is 6. The van der Waals surface area contributed by atoms with Crippen LogP contribution >= 0.6 is 0 Å². The second-order valence-electron chi connectivity index (χ2n) is 9.46. The first-order chi connectivity index (χ1) is 20.5. The van der Waals surface area contributed by atoms with E-state index in [-0.39, 0.29) is 0 Å². The third kappa shape index (κ3) is 7.15. The van der Waals surface area contributed by atoms with Gasteiger partial charge in [0.25, 0.3) is 0 Å². The molecule has 5 aromatic carbocycles. The van der Waals surface area contributed by atoms with E-state index in [1.165, 1.54) is 0 Å². The largest absolute Gasteiger partial charge is 0.493 e. The van der Waals surface area contributed by atoms with E-state index in [0.717, 1.165) is 34.1 Å². The van der Waals surface area contributed by atoms with Gasteiger partial charge in [0.05, 0.1) is 13.2 Å². The van der Waals surface area contributed by atoms with E-state index >= 15 is 0 Å². The van der Waals surface area contributed by atoms with Crippen LogP contribution < -0.4 is 28.4 Å². The van der Waals surface area contributed by atoms with E-state index in [0.29, 0.717) is 47.7 Å². The van der Waals surface area contributed by atoms with Crippen LogP contribution in [0.2, 0.25) is 0 Å². The van der Waals surface area contributed by atoms with Crippen molar-refractivity contribution in [3.63, 3.8) is 0 Å². The number of hydrogen-bond donors (Lipinski definition) is 0. The highest BCUT2D eigenvalue weighted by Crippen LogP contribution is 2.36. The number of ether oxygens (including phenoxy) is 6. The van der Waals surface area contributed by atoms with Crippen LogP contribution in [-0.4, -0.2) is 13.2 Å². The Labute approximate surface area is 247 Å². The zero-order valence-corrected chi connectivity index (χ0v) is 24.3.